The summed E-state index contributed by atoms with van der Waals surface area (Å²) in [5.41, 5.74) is 12.2. The molecule has 51 heavy (non-hydrogen) atoms. The van der Waals surface area contributed by atoms with Gasteiger partial charge in [0.25, 0.3) is 0 Å². The SMILES string of the molecule is C=C/C=C(/C#N)c1c(C)n(-c2ccc(-c3cccc(-c4ccccc4-n4c5ccccc5c5cc(C#N)ccc54)c3)cc2C#N)c2ccccc12. The van der Waals surface area contributed by atoms with Crippen LogP contribution in [0.1, 0.15) is 22.4 Å². The maximum atomic E-state index is 10.5. The number of allylic oxidation sites excluding steroid dienone is 3. The molecular formula is C46H29N5. The van der Waals surface area contributed by atoms with Gasteiger partial charge in [0.05, 0.1) is 56.8 Å². The molecule has 0 atom stereocenters. The number of hydrogen-bond acceptors (Lipinski definition) is 3. The molecule has 0 unspecified atom stereocenters. The summed E-state index contributed by atoms with van der Waals surface area (Å²) in [6, 6.07) is 52.0. The van der Waals surface area contributed by atoms with Gasteiger partial charge in [-0.25, -0.2) is 0 Å². The molecule has 8 rings (SSSR count). The van der Waals surface area contributed by atoms with Gasteiger partial charge < -0.3 is 9.13 Å². The van der Waals surface area contributed by atoms with Crippen LogP contribution in [0.25, 0.3) is 71.9 Å². The monoisotopic (exact) mass is 651 g/mol. The van der Waals surface area contributed by atoms with Crippen molar-refractivity contribution in [2.24, 2.45) is 0 Å². The molecule has 0 aliphatic heterocycles. The van der Waals surface area contributed by atoms with Crippen LogP contribution in [0.15, 0.2) is 152 Å². The van der Waals surface area contributed by atoms with E-state index < -0.39 is 0 Å². The Bertz CT molecular complexity index is 2880. The Morgan fingerprint density at radius 1 is 0.588 bits per heavy atom. The third-order valence-electron chi connectivity index (χ3n) is 9.60. The van der Waals surface area contributed by atoms with Gasteiger partial charge in [-0.15, -0.1) is 0 Å². The van der Waals surface area contributed by atoms with E-state index in [4.69, 9.17) is 0 Å². The Morgan fingerprint density at radius 2 is 1.27 bits per heavy atom. The van der Waals surface area contributed by atoms with Crippen molar-refractivity contribution < 1.29 is 0 Å². The van der Waals surface area contributed by atoms with Crippen molar-refractivity contribution in [3.63, 3.8) is 0 Å². The van der Waals surface area contributed by atoms with Crippen molar-refractivity contribution >= 4 is 38.3 Å². The molecule has 0 amide bonds. The Hall–Kier alpha value is -7.39. The molecule has 0 aliphatic rings. The highest BCUT2D eigenvalue weighted by Crippen LogP contribution is 2.39. The Morgan fingerprint density at radius 3 is 2.04 bits per heavy atom. The topological polar surface area (TPSA) is 81.2 Å². The standard InChI is InChI=1S/C46H29N5/c1-3-11-35(28-48)46-30(2)50(44-19-9-6-16-39(44)46)41-23-21-33(26-36(41)29-49)32-12-10-13-34(25-32)37-14-4-7-17-42(37)51-43-18-8-5-15-38(43)40-24-31(27-47)20-22-45(40)51/h3-26H,1H2,2H3/b35-11-. The lowest BCUT2D eigenvalue weighted by Crippen LogP contribution is -2.01. The van der Waals surface area contributed by atoms with E-state index in [1.165, 1.54) is 0 Å². The summed E-state index contributed by atoms with van der Waals surface area (Å²) in [6.45, 7) is 5.78. The van der Waals surface area contributed by atoms with Gasteiger partial charge in [-0.05, 0) is 84.3 Å². The van der Waals surface area contributed by atoms with E-state index in [2.05, 4.69) is 101 Å². The maximum Gasteiger partial charge on any atom is 0.101 e. The van der Waals surface area contributed by atoms with E-state index in [9.17, 15) is 15.8 Å². The lowest BCUT2D eigenvalue weighted by molar-refractivity contribution is 1.04. The first-order chi connectivity index (χ1) is 25.1. The van der Waals surface area contributed by atoms with Crippen LogP contribution in [0.3, 0.4) is 0 Å². The van der Waals surface area contributed by atoms with Gasteiger partial charge in [0.2, 0.25) is 0 Å². The minimum Gasteiger partial charge on any atom is -0.312 e. The first-order valence-electron chi connectivity index (χ1n) is 16.6. The maximum absolute atomic E-state index is 10.5. The van der Waals surface area contributed by atoms with Gasteiger partial charge in [-0.1, -0.05) is 91.5 Å². The second kappa shape index (κ2) is 12.6. The molecule has 0 aliphatic carbocycles. The minimum atomic E-state index is 0.525. The second-order valence-electron chi connectivity index (χ2n) is 12.4. The van der Waals surface area contributed by atoms with Gasteiger partial charge in [0.15, 0.2) is 0 Å². The summed E-state index contributed by atoms with van der Waals surface area (Å²) in [5.74, 6) is 0. The van der Waals surface area contributed by atoms with Crippen LogP contribution in [0.2, 0.25) is 0 Å². The fraction of sp³-hybridized carbons (Fsp3) is 0.0217. The Kier molecular flexibility index (Phi) is 7.62. The summed E-state index contributed by atoms with van der Waals surface area (Å²) in [5, 5.41) is 33.2. The molecule has 5 heteroatoms. The summed E-state index contributed by atoms with van der Waals surface area (Å²) in [4.78, 5) is 0. The predicted octanol–water partition coefficient (Wildman–Crippen LogP) is 11.2. The van der Waals surface area contributed by atoms with Gasteiger partial charge in [-0.3, -0.25) is 0 Å². The van der Waals surface area contributed by atoms with Crippen LogP contribution in [-0.4, -0.2) is 9.13 Å². The molecule has 238 valence electrons. The fourth-order valence-corrected chi connectivity index (χ4v) is 7.39. The average Bonchev–Trinajstić information content (AvgIpc) is 3.67. The van der Waals surface area contributed by atoms with Gasteiger partial charge in [-0.2, -0.15) is 15.8 Å². The molecule has 0 radical (unpaired) electrons. The highest BCUT2D eigenvalue weighted by Gasteiger charge is 2.21. The van der Waals surface area contributed by atoms with Crippen molar-refractivity contribution in [3.8, 4) is 51.8 Å². The van der Waals surface area contributed by atoms with E-state index in [0.717, 1.165) is 77.6 Å². The first kappa shape index (κ1) is 30.9. The van der Waals surface area contributed by atoms with Gasteiger partial charge >= 0.3 is 0 Å². The molecule has 0 N–H and O–H groups in total. The molecule has 0 fully saturated rings. The molecule has 8 aromatic rings. The van der Waals surface area contributed by atoms with Crippen LogP contribution < -0.4 is 0 Å². The van der Waals surface area contributed by atoms with Crippen LogP contribution in [0.5, 0.6) is 0 Å². The quantitative estimate of drug-likeness (QED) is 0.132. The van der Waals surface area contributed by atoms with E-state index in [-0.39, 0.29) is 0 Å². The average molecular weight is 652 g/mol. The van der Waals surface area contributed by atoms with Crippen LogP contribution in [0.4, 0.5) is 0 Å². The van der Waals surface area contributed by atoms with Gasteiger partial charge in [0.1, 0.15) is 6.07 Å². The van der Waals surface area contributed by atoms with Crippen LogP contribution in [-0.2, 0) is 0 Å². The van der Waals surface area contributed by atoms with Crippen molar-refractivity contribution in [2.75, 3.05) is 0 Å². The predicted molar refractivity (Wildman–Crippen MR) is 206 cm³/mol. The molecule has 0 spiro atoms. The zero-order valence-corrected chi connectivity index (χ0v) is 27.8. The second-order valence-corrected chi connectivity index (χ2v) is 12.4. The first-order valence-corrected chi connectivity index (χ1v) is 16.6. The number of fused-ring (bicyclic) bond motifs is 4. The molecule has 0 saturated heterocycles. The number of hydrogen-bond donors (Lipinski definition) is 0. The summed E-state index contributed by atoms with van der Waals surface area (Å²) in [6.07, 6.45) is 3.35. The molecule has 2 heterocycles. The third kappa shape index (κ3) is 4.99. The van der Waals surface area contributed by atoms with E-state index in [1.54, 1.807) is 12.2 Å². The van der Waals surface area contributed by atoms with Crippen molar-refractivity contribution in [2.45, 2.75) is 6.92 Å². The van der Waals surface area contributed by atoms with Crippen molar-refractivity contribution in [1.82, 2.24) is 9.13 Å². The van der Waals surface area contributed by atoms with Crippen LogP contribution >= 0.6 is 0 Å². The zero-order valence-electron chi connectivity index (χ0n) is 27.8. The molecule has 0 bridgehead atoms. The Labute approximate surface area is 295 Å². The number of para-hydroxylation sites is 3. The lowest BCUT2D eigenvalue weighted by atomic mass is 9.96. The molecule has 5 nitrogen and oxygen atoms in total. The van der Waals surface area contributed by atoms with Gasteiger partial charge in [0, 0.05) is 33.0 Å². The third-order valence-corrected chi connectivity index (χ3v) is 9.60. The largest absolute Gasteiger partial charge is 0.312 e. The number of aromatic nitrogens is 2. The van der Waals surface area contributed by atoms with Crippen LogP contribution in [0, 0.1) is 40.9 Å². The summed E-state index contributed by atoms with van der Waals surface area (Å²) >= 11 is 0. The molecule has 0 saturated carbocycles. The molecule has 6 aromatic carbocycles. The number of nitrogens with zero attached hydrogens (tertiary/aromatic N) is 5. The number of rotatable bonds is 6. The smallest absolute Gasteiger partial charge is 0.101 e. The number of benzene rings is 6. The summed E-state index contributed by atoms with van der Waals surface area (Å²) < 4.78 is 4.34. The van der Waals surface area contributed by atoms with E-state index >= 15 is 0 Å². The highest BCUT2D eigenvalue weighted by molar-refractivity contribution is 6.10. The Balaban J connectivity index is 1.26. The van der Waals surface area contributed by atoms with Crippen molar-refractivity contribution in [1.29, 1.82) is 15.8 Å². The molecular weight excluding hydrogens is 623 g/mol. The zero-order chi connectivity index (χ0) is 35.1. The van der Waals surface area contributed by atoms with E-state index in [0.29, 0.717) is 16.7 Å². The normalized spacial score (nSPS) is 11.4. The minimum absolute atomic E-state index is 0.525. The number of nitriles is 3. The molecule has 2 aromatic heterocycles. The highest BCUT2D eigenvalue weighted by atomic mass is 15.0. The lowest BCUT2D eigenvalue weighted by Gasteiger charge is -2.15. The fourth-order valence-electron chi connectivity index (χ4n) is 7.39. The van der Waals surface area contributed by atoms with E-state index in [1.807, 2.05) is 73.7 Å². The summed E-state index contributed by atoms with van der Waals surface area (Å²) in [7, 11) is 0. The van der Waals surface area contributed by atoms with Crippen molar-refractivity contribution in [3.05, 3.63) is 175 Å².